The molecule has 1 saturated heterocycles. The van der Waals surface area contributed by atoms with Crippen molar-refractivity contribution < 1.29 is 22.7 Å². The summed E-state index contributed by atoms with van der Waals surface area (Å²) in [6, 6.07) is 0. The van der Waals surface area contributed by atoms with Gasteiger partial charge in [0.1, 0.15) is 12.6 Å². The molecule has 1 rings (SSSR count). The minimum Gasteiger partial charge on any atom is -0.445 e. The van der Waals surface area contributed by atoms with Crippen LogP contribution >= 0.6 is 0 Å². The molecule has 1 aliphatic rings. The summed E-state index contributed by atoms with van der Waals surface area (Å²) in [5.74, 6) is 0. The van der Waals surface area contributed by atoms with Gasteiger partial charge in [-0.3, -0.25) is 0 Å². The van der Waals surface area contributed by atoms with Gasteiger partial charge >= 0.3 is 12.3 Å². The van der Waals surface area contributed by atoms with Gasteiger partial charge in [0.05, 0.1) is 0 Å². The fourth-order valence-electron chi connectivity index (χ4n) is 1.09. The number of halogens is 3. The molecule has 0 aromatic rings. The molecule has 0 radical (unpaired) electrons. The van der Waals surface area contributed by atoms with Gasteiger partial charge < -0.3 is 15.4 Å². The van der Waals surface area contributed by atoms with Crippen LogP contribution in [0.1, 0.15) is 6.42 Å². The third kappa shape index (κ3) is 4.31. The summed E-state index contributed by atoms with van der Waals surface area (Å²) in [6.07, 6.45) is -5.09. The van der Waals surface area contributed by atoms with Gasteiger partial charge in [0.2, 0.25) is 0 Å². The summed E-state index contributed by atoms with van der Waals surface area (Å²) in [5.41, 5.74) is 0. The van der Waals surface area contributed by atoms with E-state index >= 15 is 0 Å². The number of ether oxygens (including phenoxy) is 1. The van der Waals surface area contributed by atoms with Crippen LogP contribution in [0.2, 0.25) is 0 Å². The van der Waals surface area contributed by atoms with Crippen LogP contribution in [0.3, 0.4) is 0 Å². The summed E-state index contributed by atoms with van der Waals surface area (Å²) in [4.78, 5) is 10.8. The largest absolute Gasteiger partial charge is 0.445 e. The van der Waals surface area contributed by atoms with Gasteiger partial charge in [0, 0.05) is 6.54 Å². The fraction of sp³-hybridized carbons (Fsp3) is 0.857. The van der Waals surface area contributed by atoms with Gasteiger partial charge in [-0.15, -0.1) is 0 Å². The molecule has 0 bridgehead atoms. The fourth-order valence-corrected chi connectivity index (χ4v) is 1.09. The molecular formula is C7H11F3N2O2. The quantitative estimate of drug-likeness (QED) is 0.706. The number of alkyl carbamates (subject to hydrolysis) is 1. The van der Waals surface area contributed by atoms with Crippen LogP contribution in [0.25, 0.3) is 0 Å². The normalized spacial score (nSPS) is 22.1. The maximum Gasteiger partial charge on any atom is 0.407 e. The smallest absolute Gasteiger partial charge is 0.407 e. The lowest BCUT2D eigenvalue weighted by atomic mass is 10.3. The van der Waals surface area contributed by atoms with Crippen molar-refractivity contribution in [2.24, 2.45) is 0 Å². The molecule has 82 valence electrons. The van der Waals surface area contributed by atoms with Crippen molar-refractivity contribution in [3.05, 3.63) is 0 Å². The number of hydrogen-bond donors (Lipinski definition) is 2. The van der Waals surface area contributed by atoms with Crippen molar-refractivity contribution in [3.8, 4) is 0 Å². The van der Waals surface area contributed by atoms with Gasteiger partial charge in [-0.2, -0.15) is 13.2 Å². The Labute approximate surface area is 78.8 Å². The van der Waals surface area contributed by atoms with Crippen molar-refractivity contribution >= 4 is 6.09 Å². The van der Waals surface area contributed by atoms with Crippen molar-refractivity contribution in [2.75, 3.05) is 19.6 Å². The first-order valence-electron chi connectivity index (χ1n) is 4.19. The highest BCUT2D eigenvalue weighted by Gasteiger charge is 2.28. The summed E-state index contributed by atoms with van der Waals surface area (Å²) in [6.45, 7) is -0.136. The van der Waals surface area contributed by atoms with Gasteiger partial charge in [-0.25, -0.2) is 4.79 Å². The first-order valence-corrected chi connectivity index (χ1v) is 4.19. The second-order valence-electron chi connectivity index (χ2n) is 2.99. The molecular weight excluding hydrogens is 201 g/mol. The van der Waals surface area contributed by atoms with Crippen molar-refractivity contribution in [1.82, 2.24) is 10.6 Å². The Morgan fingerprint density at radius 3 is 2.79 bits per heavy atom. The predicted molar refractivity (Wildman–Crippen MR) is 41.8 cm³/mol. The molecule has 1 unspecified atom stereocenters. The van der Waals surface area contributed by atoms with Crippen LogP contribution in [0, 0.1) is 0 Å². The SMILES string of the molecule is O=C(NCC(F)(F)F)OC1CCNC1. The average molecular weight is 212 g/mol. The van der Waals surface area contributed by atoms with Crippen LogP contribution in [-0.2, 0) is 4.74 Å². The highest BCUT2D eigenvalue weighted by Crippen LogP contribution is 2.12. The summed E-state index contributed by atoms with van der Waals surface area (Å²) < 4.78 is 39.6. The molecule has 14 heavy (non-hydrogen) atoms. The lowest BCUT2D eigenvalue weighted by molar-refractivity contribution is -0.124. The van der Waals surface area contributed by atoms with E-state index in [1.807, 2.05) is 0 Å². The lowest BCUT2D eigenvalue weighted by Crippen LogP contribution is -2.36. The maximum absolute atomic E-state index is 11.6. The minimum absolute atomic E-state index is 0.316. The van der Waals surface area contributed by atoms with Crippen LogP contribution < -0.4 is 10.6 Å². The first kappa shape index (κ1) is 11.1. The molecule has 1 fully saturated rings. The number of carbonyl (C=O) groups excluding carboxylic acids is 1. The summed E-state index contributed by atoms with van der Waals surface area (Å²) >= 11 is 0. The lowest BCUT2D eigenvalue weighted by Gasteiger charge is -2.12. The molecule has 0 aliphatic carbocycles. The molecule has 1 atom stereocenters. The zero-order chi connectivity index (χ0) is 10.6. The minimum atomic E-state index is -4.40. The summed E-state index contributed by atoms with van der Waals surface area (Å²) in [5, 5.41) is 4.56. The molecule has 4 nitrogen and oxygen atoms in total. The van der Waals surface area contributed by atoms with Crippen LogP contribution in [0.15, 0.2) is 0 Å². The Bertz CT molecular complexity index is 202. The molecule has 1 heterocycles. The Kier molecular flexibility index (Phi) is 3.56. The number of carbonyl (C=O) groups is 1. The third-order valence-corrected chi connectivity index (χ3v) is 1.72. The van der Waals surface area contributed by atoms with E-state index in [1.54, 1.807) is 5.32 Å². The molecule has 1 amide bonds. The van der Waals surface area contributed by atoms with E-state index in [-0.39, 0.29) is 6.10 Å². The average Bonchev–Trinajstić information content (AvgIpc) is 2.52. The maximum atomic E-state index is 11.6. The van der Waals surface area contributed by atoms with E-state index < -0.39 is 18.8 Å². The number of nitrogens with one attached hydrogen (secondary N) is 2. The predicted octanol–water partition coefficient (Wildman–Crippen LogP) is 0.637. The third-order valence-electron chi connectivity index (χ3n) is 1.72. The van der Waals surface area contributed by atoms with Crippen molar-refractivity contribution in [1.29, 1.82) is 0 Å². The Morgan fingerprint density at radius 2 is 2.29 bits per heavy atom. The number of hydrogen-bond acceptors (Lipinski definition) is 3. The number of rotatable bonds is 2. The van der Waals surface area contributed by atoms with Gasteiger partial charge in [-0.1, -0.05) is 0 Å². The van der Waals surface area contributed by atoms with E-state index in [4.69, 9.17) is 4.74 Å². The Balaban J connectivity index is 2.15. The zero-order valence-electron chi connectivity index (χ0n) is 7.36. The van der Waals surface area contributed by atoms with Gasteiger partial charge in [-0.05, 0) is 13.0 Å². The van der Waals surface area contributed by atoms with Gasteiger partial charge in [0.25, 0.3) is 0 Å². The van der Waals surface area contributed by atoms with Crippen LogP contribution in [0.4, 0.5) is 18.0 Å². The van der Waals surface area contributed by atoms with Gasteiger partial charge in [0.15, 0.2) is 0 Å². The van der Waals surface area contributed by atoms with E-state index in [0.29, 0.717) is 13.0 Å². The Hall–Kier alpha value is -0.980. The molecule has 0 spiro atoms. The molecule has 0 saturated carbocycles. The van der Waals surface area contributed by atoms with Crippen molar-refractivity contribution in [3.63, 3.8) is 0 Å². The number of amides is 1. The second-order valence-corrected chi connectivity index (χ2v) is 2.99. The second kappa shape index (κ2) is 4.50. The standard InChI is InChI=1S/C7H11F3N2O2/c8-7(9,10)4-12-6(13)14-5-1-2-11-3-5/h5,11H,1-4H2,(H,12,13). The van der Waals surface area contributed by atoms with Crippen LogP contribution in [0.5, 0.6) is 0 Å². The monoisotopic (exact) mass is 212 g/mol. The highest BCUT2D eigenvalue weighted by molar-refractivity contribution is 5.67. The topological polar surface area (TPSA) is 50.4 Å². The van der Waals surface area contributed by atoms with E-state index in [9.17, 15) is 18.0 Å². The molecule has 1 aliphatic heterocycles. The molecule has 0 aromatic carbocycles. The zero-order valence-corrected chi connectivity index (χ0v) is 7.36. The van der Waals surface area contributed by atoms with E-state index in [0.717, 1.165) is 6.54 Å². The van der Waals surface area contributed by atoms with E-state index in [2.05, 4.69) is 5.32 Å². The molecule has 2 N–H and O–H groups in total. The Morgan fingerprint density at radius 1 is 1.57 bits per heavy atom. The number of alkyl halides is 3. The molecule has 7 heteroatoms. The van der Waals surface area contributed by atoms with Crippen LogP contribution in [-0.4, -0.2) is 38.0 Å². The van der Waals surface area contributed by atoms with Crippen molar-refractivity contribution in [2.45, 2.75) is 18.7 Å². The first-order chi connectivity index (χ1) is 6.47. The highest BCUT2D eigenvalue weighted by atomic mass is 19.4. The summed E-state index contributed by atoms with van der Waals surface area (Å²) in [7, 11) is 0. The molecule has 0 aromatic heterocycles. The van der Waals surface area contributed by atoms with E-state index in [1.165, 1.54) is 0 Å².